The van der Waals surface area contributed by atoms with Crippen molar-refractivity contribution in [2.75, 3.05) is 5.32 Å². The molecule has 0 radical (unpaired) electrons. The number of nitrogens with one attached hydrogen (secondary N) is 4. The van der Waals surface area contributed by atoms with E-state index >= 15 is 4.39 Å². The summed E-state index contributed by atoms with van der Waals surface area (Å²) in [4.78, 5) is 50.8. The molecule has 0 bridgehead atoms. The summed E-state index contributed by atoms with van der Waals surface area (Å²) in [6, 6.07) is -0.564. The van der Waals surface area contributed by atoms with Crippen LogP contribution in [0.4, 0.5) is 23.2 Å². The number of hydrogen-bond donors (Lipinski definition) is 4. The number of rotatable bonds is 11. The van der Waals surface area contributed by atoms with Crippen molar-refractivity contribution < 1.29 is 36.7 Å². The molecule has 10 nitrogen and oxygen atoms in total. The number of alkyl halides is 3. The molecule has 4 N–H and O–H groups in total. The van der Waals surface area contributed by atoms with Gasteiger partial charge in [0, 0.05) is 19.2 Å². The Kier molecular flexibility index (Phi) is 8.72. The lowest BCUT2D eigenvalue weighted by Gasteiger charge is -2.28. The molecule has 1 unspecified atom stereocenters. The van der Waals surface area contributed by atoms with E-state index in [1.54, 1.807) is 16.1 Å². The molecule has 1 aromatic heterocycles. The van der Waals surface area contributed by atoms with Crippen molar-refractivity contribution in [2.45, 2.75) is 89.6 Å². The van der Waals surface area contributed by atoms with Crippen molar-refractivity contribution in [2.24, 2.45) is 17.8 Å². The van der Waals surface area contributed by atoms with Gasteiger partial charge >= 0.3 is 6.18 Å². The lowest BCUT2D eigenvalue weighted by atomic mass is 9.88. The van der Waals surface area contributed by atoms with Crippen molar-refractivity contribution >= 4 is 29.3 Å². The van der Waals surface area contributed by atoms with Gasteiger partial charge in [-0.1, -0.05) is 0 Å². The molecular formula is C30H36F4N6O4. The van der Waals surface area contributed by atoms with Gasteiger partial charge in [-0.15, -0.1) is 0 Å². The number of carbonyl (C=O) groups excluding carboxylic acids is 4. The first-order valence-electron chi connectivity index (χ1n) is 14.9. The molecule has 2 aromatic rings. The zero-order chi connectivity index (χ0) is 31.9. The third kappa shape index (κ3) is 6.88. The van der Waals surface area contributed by atoms with Crippen LogP contribution in [0.25, 0.3) is 0 Å². The van der Waals surface area contributed by atoms with Crippen LogP contribution in [0.3, 0.4) is 0 Å². The van der Waals surface area contributed by atoms with Gasteiger partial charge in [-0.3, -0.25) is 23.9 Å². The van der Waals surface area contributed by atoms with Crippen LogP contribution < -0.4 is 21.3 Å². The van der Waals surface area contributed by atoms with E-state index in [1.165, 1.54) is 12.3 Å². The van der Waals surface area contributed by atoms with Crippen molar-refractivity contribution in [3.8, 4) is 0 Å². The second-order valence-electron chi connectivity index (χ2n) is 12.3. The molecule has 2 saturated carbocycles. The van der Waals surface area contributed by atoms with Gasteiger partial charge in [-0.25, -0.2) is 4.39 Å². The zero-order valence-corrected chi connectivity index (χ0v) is 24.6. The second-order valence-corrected chi connectivity index (χ2v) is 12.3. The van der Waals surface area contributed by atoms with E-state index in [4.69, 9.17) is 0 Å². The fraction of sp³-hybridized carbons (Fsp3) is 0.567. The summed E-state index contributed by atoms with van der Waals surface area (Å²) < 4.78 is 57.1. The lowest BCUT2D eigenvalue weighted by Crippen LogP contribution is -2.54. The van der Waals surface area contributed by atoms with E-state index in [0.29, 0.717) is 23.2 Å². The minimum atomic E-state index is -5.02. The SMILES string of the molecule is CC(=O)NC(C(=O)N[C@@H]1CCc2cc(NC(=O)[C@@H](NC(=O)c3ccnn3C(C)C)C(C3CC3)C3CC3)c(F)cc21)C(F)(F)F. The van der Waals surface area contributed by atoms with Gasteiger partial charge in [0.2, 0.25) is 17.9 Å². The standard InChI is InChI=1S/C30H36F4N6O4/c1-14(2)40-23(10-11-35-40)27(42)39-25(24(16-4-5-16)17-6-7-17)28(43)38-22-12-18-8-9-21(19(18)13-20(22)31)37-29(44)26(30(32,33)34)36-15(3)41/h10-14,16-17,21,24-26H,4-9H2,1-3H3,(H,36,41)(H,37,44)(H,38,43)(H,39,42)/t21-,25+,26?/m1/s1. The van der Waals surface area contributed by atoms with E-state index in [0.717, 1.165) is 38.7 Å². The fourth-order valence-corrected chi connectivity index (χ4v) is 6.19. The number of hydrogen-bond acceptors (Lipinski definition) is 5. The highest BCUT2D eigenvalue weighted by atomic mass is 19.4. The van der Waals surface area contributed by atoms with Crippen LogP contribution in [0, 0.1) is 23.6 Å². The highest BCUT2D eigenvalue weighted by Crippen LogP contribution is 2.51. The van der Waals surface area contributed by atoms with Crippen LogP contribution >= 0.6 is 0 Å². The second kappa shape index (κ2) is 12.2. The molecule has 44 heavy (non-hydrogen) atoms. The summed E-state index contributed by atoms with van der Waals surface area (Å²) in [5.41, 5.74) is 1.03. The Morgan fingerprint density at radius 3 is 2.20 bits per heavy atom. The first kappa shape index (κ1) is 31.5. The zero-order valence-electron chi connectivity index (χ0n) is 24.6. The van der Waals surface area contributed by atoms with Crippen molar-refractivity contribution in [3.05, 3.63) is 47.0 Å². The largest absolute Gasteiger partial charge is 0.417 e. The third-order valence-corrected chi connectivity index (χ3v) is 8.50. The Morgan fingerprint density at radius 2 is 1.64 bits per heavy atom. The third-order valence-electron chi connectivity index (χ3n) is 8.50. The summed E-state index contributed by atoms with van der Waals surface area (Å²) in [7, 11) is 0. The number of anilines is 1. The first-order chi connectivity index (χ1) is 20.7. The normalized spacial score (nSPS) is 19.3. The van der Waals surface area contributed by atoms with Gasteiger partial charge in [0.05, 0.1) is 11.7 Å². The Balaban J connectivity index is 1.34. The number of amides is 4. The summed E-state index contributed by atoms with van der Waals surface area (Å²) in [5.74, 6) is -3.85. The topological polar surface area (TPSA) is 134 Å². The summed E-state index contributed by atoms with van der Waals surface area (Å²) in [5, 5.41) is 13.6. The number of halogens is 4. The maximum absolute atomic E-state index is 15.4. The van der Waals surface area contributed by atoms with Gasteiger partial charge in [0.25, 0.3) is 11.8 Å². The van der Waals surface area contributed by atoms with Gasteiger partial charge in [0.1, 0.15) is 17.6 Å². The molecule has 3 aliphatic rings. The quantitative estimate of drug-likeness (QED) is 0.283. The van der Waals surface area contributed by atoms with Crippen LogP contribution in [-0.2, 0) is 20.8 Å². The molecule has 0 spiro atoms. The maximum atomic E-state index is 15.4. The Hall–Kier alpha value is -3.97. The average Bonchev–Trinajstić information content (AvgIpc) is 3.87. The van der Waals surface area contributed by atoms with E-state index < -0.39 is 53.7 Å². The Labute approximate surface area is 251 Å². The maximum Gasteiger partial charge on any atom is 0.417 e. The van der Waals surface area contributed by atoms with Gasteiger partial charge < -0.3 is 21.3 Å². The molecule has 4 amide bonds. The molecular weight excluding hydrogens is 584 g/mol. The van der Waals surface area contributed by atoms with E-state index in [2.05, 4.69) is 21.0 Å². The molecule has 3 atom stereocenters. The average molecular weight is 621 g/mol. The van der Waals surface area contributed by atoms with Crippen LogP contribution in [0.15, 0.2) is 24.4 Å². The van der Waals surface area contributed by atoms with Crippen molar-refractivity contribution in [1.82, 2.24) is 25.7 Å². The molecule has 3 aliphatic carbocycles. The summed E-state index contributed by atoms with van der Waals surface area (Å²) >= 11 is 0. The number of carbonyl (C=O) groups is 4. The minimum Gasteiger partial charge on any atom is -0.347 e. The van der Waals surface area contributed by atoms with Crippen LogP contribution in [-0.4, -0.2) is 51.7 Å². The molecule has 0 aliphatic heterocycles. The molecule has 1 aromatic carbocycles. The number of nitrogens with zero attached hydrogens (tertiary/aromatic N) is 2. The lowest BCUT2D eigenvalue weighted by molar-refractivity contribution is -0.172. The van der Waals surface area contributed by atoms with Gasteiger partial charge in [-0.2, -0.15) is 18.3 Å². The smallest absolute Gasteiger partial charge is 0.347 e. The molecule has 0 saturated heterocycles. The molecule has 238 valence electrons. The highest BCUT2D eigenvalue weighted by Gasteiger charge is 2.49. The predicted octanol–water partition coefficient (Wildman–Crippen LogP) is 3.95. The van der Waals surface area contributed by atoms with E-state index in [1.807, 2.05) is 13.8 Å². The van der Waals surface area contributed by atoms with Crippen molar-refractivity contribution in [3.63, 3.8) is 0 Å². The summed E-state index contributed by atoms with van der Waals surface area (Å²) in [6.07, 6.45) is 0.801. The van der Waals surface area contributed by atoms with Gasteiger partial charge in [-0.05, 0) is 99.5 Å². The molecule has 14 heteroatoms. The molecule has 5 rings (SSSR count). The fourth-order valence-electron chi connectivity index (χ4n) is 6.19. The highest BCUT2D eigenvalue weighted by molar-refractivity contribution is 6.01. The number of aryl methyl sites for hydroxylation is 1. The monoisotopic (exact) mass is 620 g/mol. The van der Waals surface area contributed by atoms with Crippen LogP contribution in [0.1, 0.15) is 86.6 Å². The minimum absolute atomic E-state index is 0.0837. The van der Waals surface area contributed by atoms with Crippen LogP contribution in [0.5, 0.6) is 0 Å². The first-order valence-corrected chi connectivity index (χ1v) is 14.9. The number of benzene rings is 1. The predicted molar refractivity (Wildman–Crippen MR) is 151 cm³/mol. The number of aromatic nitrogens is 2. The van der Waals surface area contributed by atoms with E-state index in [9.17, 15) is 32.3 Å². The summed E-state index contributed by atoms with van der Waals surface area (Å²) in [6.45, 7) is 4.64. The Morgan fingerprint density at radius 1 is 0.977 bits per heavy atom. The van der Waals surface area contributed by atoms with E-state index in [-0.39, 0.29) is 35.9 Å². The van der Waals surface area contributed by atoms with Crippen molar-refractivity contribution in [1.29, 1.82) is 0 Å². The number of fused-ring (bicyclic) bond motifs is 1. The van der Waals surface area contributed by atoms with Crippen LogP contribution in [0.2, 0.25) is 0 Å². The Bertz CT molecular complexity index is 1440. The molecule has 2 fully saturated rings. The molecule has 1 heterocycles. The van der Waals surface area contributed by atoms with Gasteiger partial charge in [0.15, 0.2) is 0 Å².